The predicted octanol–water partition coefficient (Wildman–Crippen LogP) is 1.49. The zero-order valence-corrected chi connectivity index (χ0v) is 10.3. The molecule has 1 amide bonds. The van der Waals surface area contributed by atoms with Crippen LogP contribution < -0.4 is 15.4 Å². The summed E-state index contributed by atoms with van der Waals surface area (Å²) in [6.45, 7) is 2.94. The van der Waals surface area contributed by atoms with Crippen molar-refractivity contribution in [2.75, 3.05) is 25.1 Å². The van der Waals surface area contributed by atoms with Gasteiger partial charge in [-0.25, -0.2) is 0 Å². The minimum atomic E-state index is -0.0128. The average molecular weight is 234 g/mol. The number of rotatable bonds is 3. The first-order valence-corrected chi connectivity index (χ1v) is 5.87. The number of anilines is 1. The Labute approximate surface area is 101 Å². The van der Waals surface area contributed by atoms with E-state index in [-0.39, 0.29) is 12.5 Å². The van der Waals surface area contributed by atoms with Crippen molar-refractivity contribution >= 4 is 11.6 Å². The summed E-state index contributed by atoms with van der Waals surface area (Å²) >= 11 is 0. The van der Waals surface area contributed by atoms with Gasteiger partial charge in [-0.15, -0.1) is 0 Å². The molecule has 1 aromatic carbocycles. The lowest BCUT2D eigenvalue weighted by atomic mass is 9.97. The van der Waals surface area contributed by atoms with Crippen molar-refractivity contribution in [1.29, 1.82) is 0 Å². The van der Waals surface area contributed by atoms with Gasteiger partial charge in [-0.05, 0) is 36.6 Å². The lowest BCUT2D eigenvalue weighted by molar-refractivity contribution is -0.120. The van der Waals surface area contributed by atoms with E-state index in [0.29, 0.717) is 12.5 Å². The van der Waals surface area contributed by atoms with Gasteiger partial charge in [-0.2, -0.15) is 0 Å². The first kappa shape index (κ1) is 11.9. The van der Waals surface area contributed by atoms with Gasteiger partial charge in [0, 0.05) is 7.05 Å². The minimum absolute atomic E-state index is 0.0128. The van der Waals surface area contributed by atoms with E-state index in [2.05, 4.69) is 6.92 Å². The van der Waals surface area contributed by atoms with Crippen molar-refractivity contribution in [3.05, 3.63) is 23.8 Å². The molecule has 1 atom stereocenters. The van der Waals surface area contributed by atoms with Crippen molar-refractivity contribution in [1.82, 2.24) is 0 Å². The maximum Gasteiger partial charge on any atom is 0.264 e. The van der Waals surface area contributed by atoms with Crippen LogP contribution in [0.1, 0.15) is 24.8 Å². The van der Waals surface area contributed by atoms with E-state index in [4.69, 9.17) is 10.5 Å². The largest absolute Gasteiger partial charge is 0.482 e. The molecule has 0 fully saturated rings. The highest BCUT2D eigenvalue weighted by Crippen LogP contribution is 2.34. The Hall–Kier alpha value is -1.55. The van der Waals surface area contributed by atoms with Gasteiger partial charge in [0.25, 0.3) is 5.91 Å². The molecule has 0 radical (unpaired) electrons. The number of hydrogen-bond donors (Lipinski definition) is 1. The van der Waals surface area contributed by atoms with Crippen LogP contribution in [0.25, 0.3) is 0 Å². The fourth-order valence-corrected chi connectivity index (χ4v) is 2.01. The molecule has 0 saturated heterocycles. The molecule has 1 unspecified atom stereocenters. The molecule has 0 saturated carbocycles. The van der Waals surface area contributed by atoms with E-state index in [1.807, 2.05) is 18.2 Å². The molecule has 1 heterocycles. The van der Waals surface area contributed by atoms with Gasteiger partial charge in [0.1, 0.15) is 5.75 Å². The van der Waals surface area contributed by atoms with Gasteiger partial charge in [-0.3, -0.25) is 4.79 Å². The Morgan fingerprint density at radius 1 is 1.53 bits per heavy atom. The minimum Gasteiger partial charge on any atom is -0.482 e. The van der Waals surface area contributed by atoms with Crippen LogP contribution >= 0.6 is 0 Å². The summed E-state index contributed by atoms with van der Waals surface area (Å²) in [5.74, 6) is 1.16. The topological polar surface area (TPSA) is 55.6 Å². The highest BCUT2D eigenvalue weighted by Gasteiger charge is 2.22. The number of benzene rings is 1. The first-order valence-electron chi connectivity index (χ1n) is 5.87. The van der Waals surface area contributed by atoms with Crippen molar-refractivity contribution in [3.8, 4) is 5.75 Å². The van der Waals surface area contributed by atoms with Crippen molar-refractivity contribution in [3.63, 3.8) is 0 Å². The molecule has 1 aliphatic heterocycles. The van der Waals surface area contributed by atoms with E-state index in [9.17, 15) is 4.79 Å². The average Bonchev–Trinajstić information content (AvgIpc) is 2.34. The lowest BCUT2D eigenvalue weighted by Gasteiger charge is -2.27. The molecule has 0 aromatic heterocycles. The van der Waals surface area contributed by atoms with E-state index < -0.39 is 0 Å². The summed E-state index contributed by atoms with van der Waals surface area (Å²) in [6, 6.07) is 6.00. The van der Waals surface area contributed by atoms with E-state index in [1.165, 1.54) is 5.56 Å². The Kier molecular flexibility index (Phi) is 3.33. The fourth-order valence-electron chi connectivity index (χ4n) is 2.01. The number of fused-ring (bicyclic) bond motifs is 1. The molecular formula is C13H18N2O2. The molecule has 2 N–H and O–H groups in total. The summed E-state index contributed by atoms with van der Waals surface area (Å²) in [6.07, 6.45) is 0.942. The normalized spacial score (nSPS) is 16.4. The van der Waals surface area contributed by atoms with Crippen molar-refractivity contribution in [2.45, 2.75) is 19.3 Å². The van der Waals surface area contributed by atoms with Crippen LogP contribution in [0.15, 0.2) is 18.2 Å². The molecule has 4 heteroatoms. The molecule has 1 aliphatic rings. The monoisotopic (exact) mass is 234 g/mol. The molecule has 4 nitrogen and oxygen atoms in total. The fraction of sp³-hybridized carbons (Fsp3) is 0.462. The number of hydrogen-bond acceptors (Lipinski definition) is 3. The zero-order valence-electron chi connectivity index (χ0n) is 10.3. The quantitative estimate of drug-likeness (QED) is 0.862. The maximum atomic E-state index is 11.5. The van der Waals surface area contributed by atoms with Crippen molar-refractivity contribution in [2.24, 2.45) is 5.73 Å². The zero-order chi connectivity index (χ0) is 12.4. The van der Waals surface area contributed by atoms with Crippen LogP contribution in [0.3, 0.4) is 0 Å². The number of ether oxygens (including phenoxy) is 1. The lowest BCUT2D eigenvalue weighted by Crippen LogP contribution is -2.35. The third kappa shape index (κ3) is 2.26. The summed E-state index contributed by atoms with van der Waals surface area (Å²) in [7, 11) is 1.78. The van der Waals surface area contributed by atoms with Crippen LogP contribution in [0.5, 0.6) is 5.75 Å². The number of carbonyl (C=O) groups is 1. The number of carbonyl (C=O) groups excluding carboxylic acids is 1. The van der Waals surface area contributed by atoms with Crippen LogP contribution in [0.2, 0.25) is 0 Å². The molecule has 0 bridgehead atoms. The van der Waals surface area contributed by atoms with Gasteiger partial charge in [0.15, 0.2) is 6.61 Å². The summed E-state index contributed by atoms with van der Waals surface area (Å²) in [5.41, 5.74) is 7.61. The second-order valence-corrected chi connectivity index (χ2v) is 4.45. The molecule has 17 heavy (non-hydrogen) atoms. The Balaban J connectivity index is 2.32. The van der Waals surface area contributed by atoms with Gasteiger partial charge in [-0.1, -0.05) is 13.0 Å². The van der Waals surface area contributed by atoms with Crippen LogP contribution in [0, 0.1) is 0 Å². The van der Waals surface area contributed by atoms with Gasteiger partial charge in [0.05, 0.1) is 5.69 Å². The number of nitrogens with two attached hydrogens (primary N) is 1. The summed E-state index contributed by atoms with van der Waals surface area (Å²) in [5, 5.41) is 0. The van der Waals surface area contributed by atoms with Gasteiger partial charge in [0.2, 0.25) is 0 Å². The highest BCUT2D eigenvalue weighted by molar-refractivity contribution is 5.97. The molecule has 1 aromatic rings. The first-order chi connectivity index (χ1) is 8.13. The predicted molar refractivity (Wildman–Crippen MR) is 67.4 cm³/mol. The molecule has 92 valence electrons. The molecule has 0 aliphatic carbocycles. The van der Waals surface area contributed by atoms with Crippen LogP contribution in [-0.2, 0) is 4.79 Å². The van der Waals surface area contributed by atoms with Gasteiger partial charge >= 0.3 is 0 Å². The molecular weight excluding hydrogens is 216 g/mol. The Bertz CT molecular complexity index is 431. The smallest absolute Gasteiger partial charge is 0.264 e. The summed E-state index contributed by atoms with van der Waals surface area (Å²) in [4.78, 5) is 13.2. The Morgan fingerprint density at radius 3 is 3.00 bits per heavy atom. The highest BCUT2D eigenvalue weighted by atomic mass is 16.5. The van der Waals surface area contributed by atoms with E-state index >= 15 is 0 Å². The third-order valence-corrected chi connectivity index (χ3v) is 3.24. The molecule has 0 spiro atoms. The molecule has 2 rings (SSSR count). The van der Waals surface area contributed by atoms with Gasteiger partial charge < -0.3 is 15.4 Å². The third-order valence-electron chi connectivity index (χ3n) is 3.24. The number of nitrogens with zero attached hydrogens (tertiary/aromatic N) is 1. The van der Waals surface area contributed by atoms with E-state index in [0.717, 1.165) is 17.9 Å². The van der Waals surface area contributed by atoms with E-state index in [1.54, 1.807) is 11.9 Å². The maximum absolute atomic E-state index is 11.5. The SMILES string of the molecule is CC(CCN)c1ccc2c(c1)N(C)C(=O)CO2. The van der Waals surface area contributed by atoms with Crippen LogP contribution in [0.4, 0.5) is 5.69 Å². The Morgan fingerprint density at radius 2 is 2.29 bits per heavy atom. The second-order valence-electron chi connectivity index (χ2n) is 4.45. The second kappa shape index (κ2) is 4.75. The number of amides is 1. The van der Waals surface area contributed by atoms with Crippen LogP contribution in [-0.4, -0.2) is 26.1 Å². The standard InChI is InChI=1S/C13H18N2O2/c1-9(5-6-14)10-3-4-12-11(7-10)15(2)13(16)8-17-12/h3-4,7,9H,5-6,8,14H2,1-2H3. The summed E-state index contributed by atoms with van der Waals surface area (Å²) < 4.78 is 5.38. The number of likely N-dealkylation sites (N-methyl/N-ethyl adjacent to an activating group) is 1. The van der Waals surface area contributed by atoms with Crippen molar-refractivity contribution < 1.29 is 9.53 Å².